The van der Waals surface area contributed by atoms with Crippen LogP contribution >= 0.6 is 0 Å². The maximum atomic E-state index is 13.5. The summed E-state index contributed by atoms with van der Waals surface area (Å²) in [6, 6.07) is 8.30. The number of aryl methyl sites for hydroxylation is 1. The van der Waals surface area contributed by atoms with E-state index in [1.165, 1.54) is 23.0 Å². The van der Waals surface area contributed by atoms with E-state index in [1.54, 1.807) is 19.1 Å². The minimum Gasteiger partial charge on any atom is -0.350 e. The first-order valence-electron chi connectivity index (χ1n) is 10.9. The minimum atomic E-state index is -0.480. The molecule has 0 saturated heterocycles. The maximum absolute atomic E-state index is 13.5. The lowest BCUT2D eigenvalue weighted by Crippen LogP contribution is -2.33. The van der Waals surface area contributed by atoms with Gasteiger partial charge in [-0.3, -0.25) is 9.59 Å². The lowest BCUT2D eigenvalue weighted by atomic mass is 9.83. The molecule has 170 valence electrons. The number of carbonyl (C=O) groups is 2. The van der Waals surface area contributed by atoms with Crippen LogP contribution in [0.1, 0.15) is 57.8 Å². The number of hydrogen-bond donors (Lipinski definition) is 2. The fourth-order valence-corrected chi connectivity index (χ4v) is 4.00. The number of aromatic nitrogens is 4. The molecular formula is C23H24FN7O2. The van der Waals surface area contributed by atoms with Gasteiger partial charge in [-0.25, -0.2) is 9.37 Å². The zero-order valence-corrected chi connectivity index (χ0v) is 18.2. The van der Waals surface area contributed by atoms with E-state index in [0.717, 1.165) is 31.2 Å². The van der Waals surface area contributed by atoms with E-state index in [4.69, 9.17) is 5.26 Å². The lowest BCUT2D eigenvalue weighted by molar-refractivity contribution is 0.0934. The molecule has 0 atom stereocenters. The Kier molecular flexibility index (Phi) is 6.58. The van der Waals surface area contributed by atoms with E-state index in [2.05, 4.69) is 31.8 Å². The van der Waals surface area contributed by atoms with Gasteiger partial charge in [-0.1, -0.05) is 12.1 Å². The van der Waals surface area contributed by atoms with Crippen LogP contribution in [0.4, 0.5) is 4.39 Å². The Morgan fingerprint density at radius 3 is 2.70 bits per heavy atom. The molecule has 2 heterocycles. The van der Waals surface area contributed by atoms with Gasteiger partial charge in [-0.05, 0) is 55.7 Å². The zero-order chi connectivity index (χ0) is 23.4. The molecule has 2 N–H and O–H groups in total. The largest absolute Gasteiger partial charge is 0.350 e. The number of nitrogens with one attached hydrogen (secondary N) is 2. The van der Waals surface area contributed by atoms with Gasteiger partial charge in [0.15, 0.2) is 0 Å². The first-order chi connectivity index (χ1) is 15.9. The Bertz CT molecular complexity index is 1230. The maximum Gasteiger partial charge on any atom is 0.270 e. The fraction of sp³-hybridized carbons (Fsp3) is 0.391. The van der Waals surface area contributed by atoms with E-state index in [9.17, 15) is 14.0 Å². The molecule has 1 saturated carbocycles. The number of amides is 2. The van der Waals surface area contributed by atoms with Crippen molar-refractivity contribution in [1.29, 1.82) is 5.26 Å². The van der Waals surface area contributed by atoms with Gasteiger partial charge in [0.25, 0.3) is 17.6 Å². The summed E-state index contributed by atoms with van der Waals surface area (Å²) in [5.41, 5.74) is 1.43. The van der Waals surface area contributed by atoms with Crippen LogP contribution in [0.5, 0.6) is 0 Å². The van der Waals surface area contributed by atoms with Crippen LogP contribution in [-0.4, -0.2) is 37.9 Å². The normalized spacial score (nSPS) is 18.0. The van der Waals surface area contributed by atoms with Crippen LogP contribution in [0, 0.1) is 35.9 Å². The Labute approximate surface area is 190 Å². The second-order valence-electron chi connectivity index (χ2n) is 8.32. The SMILES string of the molecule is Cc1cc(CNC(=O)c2cc(C(=O)NCC3CCC(C#N)CC3)n3ncnc3n2)ccc1F. The van der Waals surface area contributed by atoms with Crippen molar-refractivity contribution in [3.63, 3.8) is 0 Å². The van der Waals surface area contributed by atoms with Gasteiger partial charge in [0.1, 0.15) is 23.5 Å². The first kappa shape index (κ1) is 22.3. The monoisotopic (exact) mass is 449 g/mol. The molecule has 0 radical (unpaired) electrons. The lowest BCUT2D eigenvalue weighted by Gasteiger charge is -2.24. The highest BCUT2D eigenvalue weighted by atomic mass is 19.1. The molecule has 3 aromatic rings. The summed E-state index contributed by atoms with van der Waals surface area (Å²) >= 11 is 0. The molecule has 0 spiro atoms. The topological polar surface area (TPSA) is 125 Å². The van der Waals surface area contributed by atoms with Gasteiger partial charge in [-0.15, -0.1) is 0 Å². The highest BCUT2D eigenvalue weighted by Gasteiger charge is 2.23. The minimum absolute atomic E-state index is 0.0361. The summed E-state index contributed by atoms with van der Waals surface area (Å²) in [7, 11) is 0. The second kappa shape index (κ2) is 9.73. The molecule has 2 amide bonds. The van der Waals surface area contributed by atoms with Crippen LogP contribution in [0.2, 0.25) is 0 Å². The van der Waals surface area contributed by atoms with E-state index < -0.39 is 5.91 Å². The van der Waals surface area contributed by atoms with E-state index in [1.807, 2.05) is 0 Å². The third-order valence-corrected chi connectivity index (χ3v) is 5.97. The van der Waals surface area contributed by atoms with Crippen molar-refractivity contribution in [1.82, 2.24) is 30.2 Å². The Morgan fingerprint density at radius 1 is 1.18 bits per heavy atom. The van der Waals surface area contributed by atoms with Crippen molar-refractivity contribution in [2.75, 3.05) is 6.54 Å². The summed E-state index contributed by atoms with van der Waals surface area (Å²) in [4.78, 5) is 33.8. The van der Waals surface area contributed by atoms with Gasteiger partial charge in [0.05, 0.1) is 6.07 Å². The smallest absolute Gasteiger partial charge is 0.270 e. The molecular weight excluding hydrogens is 425 g/mol. The number of hydrogen-bond acceptors (Lipinski definition) is 6. The third kappa shape index (κ3) is 5.14. The summed E-state index contributed by atoms with van der Waals surface area (Å²) in [5.74, 6) is -0.608. The number of nitriles is 1. The van der Waals surface area contributed by atoms with Crippen LogP contribution in [0.3, 0.4) is 0 Å². The molecule has 33 heavy (non-hydrogen) atoms. The molecule has 4 rings (SSSR count). The second-order valence-corrected chi connectivity index (χ2v) is 8.32. The molecule has 9 nitrogen and oxygen atoms in total. The van der Waals surface area contributed by atoms with Gasteiger partial charge in [-0.2, -0.15) is 19.9 Å². The number of carbonyl (C=O) groups excluding carboxylic acids is 2. The highest BCUT2D eigenvalue weighted by molar-refractivity contribution is 5.98. The van der Waals surface area contributed by atoms with Crippen molar-refractivity contribution < 1.29 is 14.0 Å². The molecule has 1 aromatic carbocycles. The molecule has 1 fully saturated rings. The van der Waals surface area contributed by atoms with Gasteiger partial charge < -0.3 is 10.6 Å². The Morgan fingerprint density at radius 2 is 1.97 bits per heavy atom. The van der Waals surface area contributed by atoms with Crippen molar-refractivity contribution in [3.05, 3.63) is 58.9 Å². The van der Waals surface area contributed by atoms with Crippen molar-refractivity contribution in [3.8, 4) is 6.07 Å². The molecule has 2 aromatic heterocycles. The molecule has 1 aliphatic rings. The highest BCUT2D eigenvalue weighted by Crippen LogP contribution is 2.27. The standard InChI is InChI=1S/C23H24FN7O2/c1-14-8-17(6-7-18(14)24)12-26-21(32)19-9-20(31-23(30-19)28-13-29-31)22(33)27-11-16-4-2-15(10-25)3-5-16/h6-9,13,15-16H,2-5,11-12H2,1H3,(H,26,32)(H,27,33). The molecule has 0 aliphatic heterocycles. The van der Waals surface area contributed by atoms with Crippen molar-refractivity contribution in [2.24, 2.45) is 11.8 Å². The molecule has 0 bridgehead atoms. The first-order valence-corrected chi connectivity index (χ1v) is 10.9. The summed E-state index contributed by atoms with van der Waals surface area (Å²) in [5, 5.41) is 18.7. The van der Waals surface area contributed by atoms with Crippen LogP contribution in [0.15, 0.2) is 30.6 Å². The van der Waals surface area contributed by atoms with Gasteiger partial charge in [0.2, 0.25) is 0 Å². The average molecular weight is 449 g/mol. The van der Waals surface area contributed by atoms with Crippen LogP contribution in [-0.2, 0) is 6.54 Å². The molecule has 1 aliphatic carbocycles. The Hall–Kier alpha value is -3.87. The number of benzene rings is 1. The zero-order valence-electron chi connectivity index (χ0n) is 18.2. The van der Waals surface area contributed by atoms with Gasteiger partial charge in [0, 0.05) is 25.1 Å². The summed E-state index contributed by atoms with van der Waals surface area (Å²) in [6.07, 6.45) is 4.74. The van der Waals surface area contributed by atoms with Crippen LogP contribution < -0.4 is 10.6 Å². The Balaban J connectivity index is 1.44. The van der Waals surface area contributed by atoms with Crippen molar-refractivity contribution in [2.45, 2.75) is 39.2 Å². The number of halogens is 1. The van der Waals surface area contributed by atoms with Crippen molar-refractivity contribution >= 4 is 17.6 Å². The predicted octanol–water partition coefficient (Wildman–Crippen LogP) is 2.56. The molecule has 0 unspecified atom stereocenters. The van der Waals surface area contributed by atoms with Gasteiger partial charge >= 0.3 is 0 Å². The summed E-state index contributed by atoms with van der Waals surface area (Å²) in [6.45, 7) is 2.33. The number of fused-ring (bicyclic) bond motifs is 1. The average Bonchev–Trinajstić information content (AvgIpc) is 3.31. The molecule has 10 heteroatoms. The number of rotatable bonds is 6. The summed E-state index contributed by atoms with van der Waals surface area (Å²) < 4.78 is 14.7. The third-order valence-electron chi connectivity index (χ3n) is 5.97. The van der Waals surface area contributed by atoms with Crippen LogP contribution in [0.25, 0.3) is 5.78 Å². The van der Waals surface area contributed by atoms with E-state index in [0.29, 0.717) is 18.0 Å². The fourth-order valence-electron chi connectivity index (χ4n) is 4.00. The number of nitrogens with zero attached hydrogens (tertiary/aromatic N) is 5. The van der Waals surface area contributed by atoms with E-state index in [-0.39, 0.29) is 41.4 Å². The predicted molar refractivity (Wildman–Crippen MR) is 116 cm³/mol. The quantitative estimate of drug-likeness (QED) is 0.596. The van der Waals surface area contributed by atoms with E-state index >= 15 is 0 Å².